The Kier molecular flexibility index (Phi) is 10.7. The largest absolute Gasteiger partial charge is 0.467 e. The minimum Gasteiger partial charge on any atom is -0.467 e. The number of rotatable bonds is 6. The number of aliphatic hydroxyl groups is 1. The Morgan fingerprint density at radius 3 is 2.52 bits per heavy atom. The van der Waals surface area contributed by atoms with Crippen molar-refractivity contribution in [2.45, 2.75) is 58.3 Å². The molecule has 0 aliphatic heterocycles. The monoisotopic (exact) mass is 369 g/mol. The number of hydrogen-bond donors (Lipinski definition) is 3. The Bertz CT molecular complexity index is 564. The normalized spacial score (nSPS) is 14.3. The van der Waals surface area contributed by atoms with E-state index >= 15 is 0 Å². The summed E-state index contributed by atoms with van der Waals surface area (Å²) in [4.78, 5) is 24.2. The Morgan fingerprint density at radius 1 is 1.36 bits per heavy atom. The molecule has 0 spiro atoms. The van der Waals surface area contributed by atoms with E-state index in [9.17, 15) is 9.59 Å². The summed E-state index contributed by atoms with van der Waals surface area (Å²) in [5.41, 5.74) is -0.669. The second-order valence-corrected chi connectivity index (χ2v) is 6.89. The van der Waals surface area contributed by atoms with Crippen LogP contribution in [0, 0.1) is 11.8 Å². The zero-order valence-electron chi connectivity index (χ0n) is 15.3. The number of hydrogen-bond acceptors (Lipinski definition) is 6. The van der Waals surface area contributed by atoms with E-state index in [1.807, 2.05) is 0 Å². The average Bonchev–Trinajstić information content (AvgIpc) is 2.47. The number of carbonyl (C=O) groups excluding carboxylic acids is 2. The smallest absolute Gasteiger partial charge is 0.408 e. The van der Waals surface area contributed by atoms with Gasteiger partial charge in [-0.15, -0.1) is 12.6 Å². The fourth-order valence-corrected chi connectivity index (χ4v) is 1.80. The molecule has 0 heterocycles. The first-order chi connectivity index (χ1) is 11.5. The lowest BCUT2D eigenvalue weighted by Crippen LogP contribution is -2.44. The molecule has 0 aromatic heterocycles. The molecular weight excluding hydrogens is 342 g/mol. The van der Waals surface area contributed by atoms with Crippen molar-refractivity contribution in [3.05, 3.63) is 23.1 Å². The van der Waals surface area contributed by atoms with Crippen molar-refractivity contribution in [1.82, 2.24) is 5.32 Å². The van der Waals surface area contributed by atoms with Crippen LogP contribution in [0.4, 0.5) is 4.79 Å². The number of thiol groups is 1. The predicted molar refractivity (Wildman–Crippen MR) is 100 cm³/mol. The Hall–Kier alpha value is -1.91. The van der Waals surface area contributed by atoms with Crippen LogP contribution in [0.5, 0.6) is 0 Å². The molecule has 6 nitrogen and oxygen atoms in total. The third kappa shape index (κ3) is 13.1. The Labute approximate surface area is 155 Å². The molecule has 0 bridgehead atoms. The summed E-state index contributed by atoms with van der Waals surface area (Å²) in [7, 11) is 1.24. The van der Waals surface area contributed by atoms with Gasteiger partial charge in [0.05, 0.1) is 13.2 Å². The molecule has 0 fully saturated rings. The molecule has 2 unspecified atom stereocenters. The fourth-order valence-electron chi connectivity index (χ4n) is 1.54. The van der Waals surface area contributed by atoms with Crippen LogP contribution in [-0.2, 0) is 14.3 Å². The van der Waals surface area contributed by atoms with Crippen LogP contribution in [0.2, 0.25) is 0 Å². The molecule has 0 saturated carbocycles. The maximum absolute atomic E-state index is 11.8. The first kappa shape index (κ1) is 23.1. The lowest BCUT2D eigenvalue weighted by atomic mass is 10.2. The molecule has 1 amide bonds. The van der Waals surface area contributed by atoms with Crippen molar-refractivity contribution >= 4 is 24.7 Å². The molecule has 7 heteroatoms. The summed E-state index contributed by atoms with van der Waals surface area (Å²) in [6.45, 7) is 6.85. The zero-order valence-corrected chi connectivity index (χ0v) is 16.2. The number of allylic oxidation sites excluding steroid dienone is 3. The number of esters is 1. The minimum absolute atomic E-state index is 0.153. The van der Waals surface area contributed by atoms with Crippen LogP contribution in [0.25, 0.3) is 0 Å². The lowest BCUT2D eigenvalue weighted by Gasteiger charge is -2.22. The van der Waals surface area contributed by atoms with E-state index in [4.69, 9.17) is 9.84 Å². The molecule has 140 valence electrons. The summed E-state index contributed by atoms with van der Waals surface area (Å²) >= 11 is 4.29. The highest BCUT2D eigenvalue weighted by atomic mass is 32.1. The van der Waals surface area contributed by atoms with Crippen LogP contribution in [0.3, 0.4) is 0 Å². The van der Waals surface area contributed by atoms with Crippen molar-refractivity contribution in [2.75, 3.05) is 7.11 Å². The molecule has 0 radical (unpaired) electrons. The van der Waals surface area contributed by atoms with E-state index in [-0.39, 0.29) is 6.42 Å². The quantitative estimate of drug-likeness (QED) is 0.290. The van der Waals surface area contributed by atoms with Gasteiger partial charge < -0.3 is 19.9 Å². The Balaban J connectivity index is 4.76. The molecule has 0 aliphatic carbocycles. The number of nitrogens with one attached hydrogen (secondary N) is 1. The maximum Gasteiger partial charge on any atom is 0.408 e. The highest BCUT2D eigenvalue weighted by Gasteiger charge is 2.25. The first-order valence-electron chi connectivity index (χ1n) is 7.83. The highest BCUT2D eigenvalue weighted by Crippen LogP contribution is 2.13. The lowest BCUT2D eigenvalue weighted by molar-refractivity contribution is -0.143. The van der Waals surface area contributed by atoms with Gasteiger partial charge in [-0.3, -0.25) is 0 Å². The number of amides is 1. The van der Waals surface area contributed by atoms with Gasteiger partial charge in [0.15, 0.2) is 0 Å². The molecule has 0 saturated heterocycles. The van der Waals surface area contributed by atoms with Crippen LogP contribution < -0.4 is 5.32 Å². The molecule has 0 aromatic rings. The highest BCUT2D eigenvalue weighted by molar-refractivity contribution is 7.84. The van der Waals surface area contributed by atoms with E-state index in [0.717, 1.165) is 0 Å². The molecule has 2 N–H and O–H groups in total. The number of ether oxygens (including phenoxy) is 2. The first-order valence-corrected chi connectivity index (χ1v) is 8.28. The summed E-state index contributed by atoms with van der Waals surface area (Å²) in [6.07, 6.45) is 4.31. The second-order valence-electron chi connectivity index (χ2n) is 6.32. The molecule has 25 heavy (non-hydrogen) atoms. The summed E-state index contributed by atoms with van der Waals surface area (Å²) < 4.78 is 9.82. The zero-order chi connectivity index (χ0) is 19.5. The minimum atomic E-state index is -0.904. The van der Waals surface area contributed by atoms with Gasteiger partial charge in [0.2, 0.25) is 0 Å². The van der Waals surface area contributed by atoms with Crippen molar-refractivity contribution in [2.24, 2.45) is 0 Å². The summed E-state index contributed by atoms with van der Waals surface area (Å²) in [5, 5.41) is 11.5. The van der Waals surface area contributed by atoms with Crippen LogP contribution in [-0.4, -0.2) is 42.0 Å². The predicted octanol–water partition coefficient (Wildman–Crippen LogP) is 2.59. The van der Waals surface area contributed by atoms with Gasteiger partial charge in [0.1, 0.15) is 11.6 Å². The van der Waals surface area contributed by atoms with E-state index in [0.29, 0.717) is 11.3 Å². The van der Waals surface area contributed by atoms with E-state index in [1.54, 1.807) is 45.9 Å². The van der Waals surface area contributed by atoms with E-state index < -0.39 is 29.8 Å². The summed E-state index contributed by atoms with van der Waals surface area (Å²) in [6, 6.07) is -0.904. The number of methoxy groups -OCH3 is 1. The SMILES string of the molecule is COC(=O)C(C/C(S)=C/C=C/C#CCC(C)O)NC(=O)OC(C)(C)C. The van der Waals surface area contributed by atoms with Gasteiger partial charge >= 0.3 is 12.1 Å². The number of alkyl carbamates (subject to hydrolysis) is 1. The standard InChI is InChI=1S/C18H27NO5S/c1-13(20)10-8-6-7-9-11-14(25)12-15(16(21)23-5)19-17(22)24-18(2,3)4/h7,9,11,13,15,20,25H,10,12H2,1-5H3,(H,19,22)/b9-7+,14-11-. The van der Waals surface area contributed by atoms with Crippen LogP contribution in [0.15, 0.2) is 23.1 Å². The molecular formula is C18H27NO5S. The van der Waals surface area contributed by atoms with Crippen LogP contribution >= 0.6 is 12.6 Å². The molecule has 0 aliphatic rings. The van der Waals surface area contributed by atoms with Gasteiger partial charge in [-0.25, -0.2) is 9.59 Å². The number of aliphatic hydroxyl groups excluding tert-OH is 1. The number of carbonyl (C=O) groups is 2. The van der Waals surface area contributed by atoms with Crippen molar-refractivity contribution in [1.29, 1.82) is 0 Å². The van der Waals surface area contributed by atoms with Gasteiger partial charge in [-0.1, -0.05) is 24.0 Å². The maximum atomic E-state index is 11.8. The molecule has 2 atom stereocenters. The van der Waals surface area contributed by atoms with Crippen LogP contribution in [0.1, 0.15) is 40.5 Å². The van der Waals surface area contributed by atoms with E-state index in [1.165, 1.54) is 7.11 Å². The third-order valence-electron chi connectivity index (χ3n) is 2.56. The van der Waals surface area contributed by atoms with Crippen molar-refractivity contribution < 1.29 is 24.2 Å². The van der Waals surface area contributed by atoms with E-state index in [2.05, 4.69) is 34.5 Å². The summed E-state index contributed by atoms with van der Waals surface area (Å²) in [5.74, 6) is 4.96. The Morgan fingerprint density at radius 2 is 2.00 bits per heavy atom. The topological polar surface area (TPSA) is 84.9 Å². The second kappa shape index (κ2) is 11.6. The molecule has 0 aromatic carbocycles. The molecule has 0 rings (SSSR count). The van der Waals surface area contributed by atoms with Gasteiger partial charge in [0, 0.05) is 12.8 Å². The third-order valence-corrected chi connectivity index (χ3v) is 2.89. The van der Waals surface area contributed by atoms with Gasteiger partial charge in [0.25, 0.3) is 0 Å². The average molecular weight is 369 g/mol. The van der Waals surface area contributed by atoms with Gasteiger partial charge in [-0.2, -0.15) is 0 Å². The fraction of sp³-hybridized carbons (Fsp3) is 0.556. The van der Waals surface area contributed by atoms with Crippen molar-refractivity contribution in [3.63, 3.8) is 0 Å². The van der Waals surface area contributed by atoms with Crippen molar-refractivity contribution in [3.8, 4) is 11.8 Å². The van der Waals surface area contributed by atoms with Gasteiger partial charge in [-0.05, 0) is 38.7 Å².